The Labute approximate surface area is 152 Å². The minimum absolute atomic E-state index is 0. The van der Waals surface area contributed by atoms with Crippen molar-refractivity contribution in [3.8, 4) is 11.5 Å². The molecule has 2 aromatic carbocycles. The topological polar surface area (TPSA) is 55.4 Å². The number of hydrogen-bond donors (Lipinski definition) is 1. The molecular weight excluding hydrogens is 330 g/mol. The van der Waals surface area contributed by atoms with Crippen molar-refractivity contribution >= 4 is 46.0 Å². The smallest absolute Gasteiger partial charge is 0.286 e. The van der Waals surface area contributed by atoms with Gasteiger partial charge in [-0.25, -0.2) is 4.39 Å². The number of carbonyl (C=O) groups is 2. The number of benzene rings is 2. The molecule has 2 aromatic rings. The summed E-state index contributed by atoms with van der Waals surface area (Å²) in [5.41, 5.74) is 0.939. The highest BCUT2D eigenvalue weighted by Gasteiger charge is 2.31. The van der Waals surface area contributed by atoms with E-state index in [1.165, 1.54) is 12.1 Å². The Morgan fingerprint density at radius 3 is 2.09 bits per heavy atom. The van der Waals surface area contributed by atoms with E-state index in [1.807, 2.05) is 12.1 Å². The lowest BCUT2D eigenvalue weighted by atomic mass is 10.1. The number of thioether (sulfide) groups is 1. The predicted molar refractivity (Wildman–Crippen MR) is 87.3 cm³/mol. The molecule has 0 spiro atoms. The molecular formula is C16H12FMgNO3S. The molecule has 114 valence electrons. The van der Waals surface area contributed by atoms with Gasteiger partial charge in [0.25, 0.3) is 5.24 Å². The van der Waals surface area contributed by atoms with Crippen molar-refractivity contribution in [3.05, 3.63) is 59.9 Å². The predicted octanol–water partition coefficient (Wildman–Crippen LogP) is 3.13. The van der Waals surface area contributed by atoms with Crippen LogP contribution in [-0.2, 0) is 11.2 Å². The van der Waals surface area contributed by atoms with Crippen LogP contribution < -0.4 is 10.1 Å². The molecule has 0 aliphatic carbocycles. The molecule has 23 heavy (non-hydrogen) atoms. The number of carbonyl (C=O) groups excluding carboxylic acids is 2. The van der Waals surface area contributed by atoms with E-state index in [1.54, 1.807) is 24.3 Å². The van der Waals surface area contributed by atoms with Crippen molar-refractivity contribution in [1.29, 1.82) is 0 Å². The second-order valence-corrected chi connectivity index (χ2v) is 5.96. The van der Waals surface area contributed by atoms with Gasteiger partial charge in [-0.3, -0.25) is 14.9 Å². The Kier molecular flexibility index (Phi) is 6.03. The molecule has 0 bridgehead atoms. The highest BCUT2D eigenvalue weighted by atomic mass is 32.2. The zero-order valence-electron chi connectivity index (χ0n) is 12.1. The number of hydrogen-bond acceptors (Lipinski definition) is 4. The van der Waals surface area contributed by atoms with Crippen molar-refractivity contribution in [2.45, 2.75) is 11.7 Å². The van der Waals surface area contributed by atoms with Crippen LogP contribution in [0.15, 0.2) is 48.5 Å². The number of ether oxygens (including phenoxy) is 1. The highest BCUT2D eigenvalue weighted by Crippen LogP contribution is 2.25. The van der Waals surface area contributed by atoms with Crippen molar-refractivity contribution in [3.63, 3.8) is 0 Å². The first kappa shape index (κ1) is 17.8. The summed E-state index contributed by atoms with van der Waals surface area (Å²) in [6.07, 6.45) is 0.485. The lowest BCUT2D eigenvalue weighted by Gasteiger charge is -2.08. The van der Waals surface area contributed by atoms with Gasteiger partial charge in [0.15, 0.2) is 0 Å². The number of nitrogens with one attached hydrogen (secondary N) is 1. The van der Waals surface area contributed by atoms with E-state index in [-0.39, 0.29) is 45.3 Å². The molecule has 7 heteroatoms. The standard InChI is InChI=1S/C16H12FNO3S.Mg/c17-11-3-7-13(8-4-11)21-12-5-1-10(2-6-12)9-14-15(19)18-16(20)22-14;/h1-8,14H,9H2,(H,18,19,20);. The van der Waals surface area contributed by atoms with Crippen LogP contribution in [0.4, 0.5) is 9.18 Å². The average Bonchev–Trinajstić information content (AvgIpc) is 2.81. The summed E-state index contributed by atoms with van der Waals surface area (Å²) in [6.45, 7) is 0. The first-order valence-corrected chi connectivity index (χ1v) is 7.52. The second kappa shape index (κ2) is 7.81. The Hall–Kier alpha value is -1.57. The van der Waals surface area contributed by atoms with Gasteiger partial charge in [-0.1, -0.05) is 23.9 Å². The maximum Gasteiger partial charge on any atom is 0.286 e. The molecule has 2 radical (unpaired) electrons. The van der Waals surface area contributed by atoms with Crippen LogP contribution >= 0.6 is 11.8 Å². The second-order valence-electron chi connectivity index (χ2n) is 4.79. The average molecular weight is 342 g/mol. The monoisotopic (exact) mass is 341 g/mol. The molecule has 2 amide bonds. The summed E-state index contributed by atoms with van der Waals surface area (Å²) >= 11 is 1.01. The van der Waals surface area contributed by atoms with Crippen molar-refractivity contribution < 1.29 is 18.7 Å². The van der Waals surface area contributed by atoms with Gasteiger partial charge < -0.3 is 4.74 Å². The van der Waals surface area contributed by atoms with Crippen molar-refractivity contribution in [1.82, 2.24) is 5.32 Å². The van der Waals surface area contributed by atoms with E-state index in [0.29, 0.717) is 17.9 Å². The third-order valence-electron chi connectivity index (χ3n) is 3.16. The maximum absolute atomic E-state index is 12.8. The van der Waals surface area contributed by atoms with E-state index in [0.717, 1.165) is 17.3 Å². The lowest BCUT2D eigenvalue weighted by Crippen LogP contribution is -2.25. The maximum atomic E-state index is 12.8. The van der Waals surface area contributed by atoms with E-state index in [9.17, 15) is 14.0 Å². The number of amides is 2. The molecule has 1 aliphatic heterocycles. The highest BCUT2D eigenvalue weighted by molar-refractivity contribution is 8.15. The van der Waals surface area contributed by atoms with Crippen LogP contribution in [0.5, 0.6) is 11.5 Å². The quantitative estimate of drug-likeness (QED) is 0.868. The van der Waals surface area contributed by atoms with Gasteiger partial charge in [0, 0.05) is 23.1 Å². The Bertz CT molecular complexity index is 706. The minimum Gasteiger partial charge on any atom is -0.457 e. The number of rotatable bonds is 4. The summed E-state index contributed by atoms with van der Waals surface area (Å²) in [5, 5.41) is 1.59. The summed E-state index contributed by atoms with van der Waals surface area (Å²) in [7, 11) is 0. The molecule has 1 aliphatic rings. The molecule has 0 aromatic heterocycles. The Balaban J connectivity index is 0.00000192. The first-order chi connectivity index (χ1) is 10.6. The van der Waals surface area contributed by atoms with E-state index in [2.05, 4.69) is 5.32 Å². The molecule has 1 fully saturated rings. The molecule has 1 atom stereocenters. The van der Waals surface area contributed by atoms with E-state index in [4.69, 9.17) is 4.74 Å². The lowest BCUT2D eigenvalue weighted by molar-refractivity contribution is -0.118. The third kappa shape index (κ3) is 4.70. The zero-order chi connectivity index (χ0) is 15.5. The molecule has 1 N–H and O–H groups in total. The van der Waals surface area contributed by atoms with Crippen molar-refractivity contribution in [2.75, 3.05) is 0 Å². The van der Waals surface area contributed by atoms with Crippen molar-refractivity contribution in [2.24, 2.45) is 0 Å². The fraction of sp³-hybridized carbons (Fsp3) is 0.125. The summed E-state index contributed by atoms with van der Waals surface area (Å²) in [5.74, 6) is 0.603. The number of imide groups is 1. The molecule has 3 rings (SSSR count). The van der Waals surface area contributed by atoms with Gasteiger partial charge in [0.05, 0.1) is 5.25 Å². The van der Waals surface area contributed by atoms with Crippen LogP contribution in [-0.4, -0.2) is 39.4 Å². The molecule has 4 nitrogen and oxygen atoms in total. The summed E-state index contributed by atoms with van der Waals surface area (Å²) in [4.78, 5) is 22.6. The summed E-state index contributed by atoms with van der Waals surface area (Å²) in [6, 6.07) is 13.0. The first-order valence-electron chi connectivity index (χ1n) is 6.64. The fourth-order valence-corrected chi connectivity index (χ4v) is 2.93. The van der Waals surface area contributed by atoms with E-state index >= 15 is 0 Å². The third-order valence-corrected chi connectivity index (χ3v) is 4.14. The van der Waals surface area contributed by atoms with E-state index < -0.39 is 0 Å². The minimum atomic E-state index is -0.378. The van der Waals surface area contributed by atoms with Crippen LogP contribution in [0.1, 0.15) is 5.56 Å². The van der Waals surface area contributed by atoms with Crippen LogP contribution in [0.3, 0.4) is 0 Å². The Morgan fingerprint density at radius 2 is 1.57 bits per heavy atom. The molecule has 1 unspecified atom stereocenters. The van der Waals surface area contributed by atoms with Gasteiger partial charge in [-0.2, -0.15) is 0 Å². The van der Waals surface area contributed by atoms with Crippen LogP contribution in [0.25, 0.3) is 0 Å². The van der Waals surface area contributed by atoms with Crippen LogP contribution in [0.2, 0.25) is 0 Å². The normalized spacial score (nSPS) is 16.7. The van der Waals surface area contributed by atoms with Gasteiger partial charge >= 0.3 is 0 Å². The fourth-order valence-electron chi connectivity index (χ4n) is 2.07. The summed E-state index contributed by atoms with van der Waals surface area (Å²) < 4.78 is 18.4. The van der Waals surface area contributed by atoms with Gasteiger partial charge in [0.1, 0.15) is 17.3 Å². The largest absolute Gasteiger partial charge is 0.457 e. The zero-order valence-corrected chi connectivity index (χ0v) is 14.4. The van der Waals surface area contributed by atoms with Gasteiger partial charge in [0.2, 0.25) is 5.91 Å². The molecule has 1 heterocycles. The van der Waals surface area contributed by atoms with Gasteiger partial charge in [-0.05, 0) is 48.4 Å². The molecule has 1 saturated heterocycles. The number of halogens is 1. The SMILES string of the molecule is O=C1NC(=O)C(Cc2ccc(Oc3ccc(F)cc3)cc2)S1.[Mg]. The van der Waals surface area contributed by atoms with Gasteiger partial charge in [-0.15, -0.1) is 0 Å². The van der Waals surface area contributed by atoms with Crippen LogP contribution in [0, 0.1) is 5.82 Å². The molecule has 0 saturated carbocycles. The Morgan fingerprint density at radius 1 is 1.00 bits per heavy atom.